The van der Waals surface area contributed by atoms with Crippen LogP contribution in [0, 0.1) is 17.8 Å². The predicted octanol–water partition coefficient (Wildman–Crippen LogP) is -2.84. The second kappa shape index (κ2) is 24.3. The minimum Gasteiger partial charge on any atom is -0.480 e. The molecule has 0 saturated carbocycles. The van der Waals surface area contributed by atoms with Gasteiger partial charge in [-0.1, -0.05) is 48.0 Å². The van der Waals surface area contributed by atoms with Crippen molar-refractivity contribution in [1.29, 1.82) is 0 Å². The lowest BCUT2D eigenvalue weighted by Crippen LogP contribution is -2.60. The molecule has 0 aromatic rings. The number of aliphatic imine (C=N–C) groups is 1. The van der Waals surface area contributed by atoms with Gasteiger partial charge in [0.2, 0.25) is 41.4 Å². The van der Waals surface area contributed by atoms with Crippen LogP contribution in [0.1, 0.15) is 92.9 Å². The Labute approximate surface area is 310 Å². The molecule has 7 amide bonds. The lowest BCUT2D eigenvalue weighted by Gasteiger charge is -2.29. The van der Waals surface area contributed by atoms with Crippen LogP contribution in [0.3, 0.4) is 0 Å². The zero-order valence-corrected chi connectivity index (χ0v) is 31.6. The Bertz CT molecular complexity index is 1300. The van der Waals surface area contributed by atoms with Crippen molar-refractivity contribution in [1.82, 2.24) is 26.6 Å². The molecule has 0 fully saturated rings. The van der Waals surface area contributed by atoms with Gasteiger partial charge in [-0.25, -0.2) is 4.79 Å². The third-order valence-electron chi connectivity index (χ3n) is 8.11. The van der Waals surface area contributed by atoms with Crippen molar-refractivity contribution in [2.45, 2.75) is 129 Å². The first-order valence-corrected chi connectivity index (χ1v) is 17.7. The van der Waals surface area contributed by atoms with Crippen LogP contribution in [0.2, 0.25) is 0 Å². The summed E-state index contributed by atoms with van der Waals surface area (Å²) in [5.74, 6) is -7.90. The van der Waals surface area contributed by atoms with E-state index in [-0.39, 0.29) is 56.4 Å². The number of hydrogen-bond acceptors (Lipinski definition) is 10. The van der Waals surface area contributed by atoms with E-state index in [4.69, 9.17) is 28.7 Å². The standard InChI is InChI=1S/C33H61N11O9/c1-7-18(6)26(44-30(50)23(15-25(36)46)42-27(47)19(34)13-16(2)3)31(51)40-20(9-8-12-39-33(37)38)28(48)43-22(14-17(4)5)29(49)41-21(32(52)53)10-11-24(35)45/h16-23,26H,7-15,34H2,1-6H3,(H2,35,45)(H2,36,46)(H,40,51)(H,41,49)(H,42,47)(H,43,48)(H,44,50)(H,52,53)(H4,37,38,39)/t18-,19-,20-,21-,22-,23-,26-/m0/s1. The molecule has 0 saturated heterocycles. The number of nitrogens with zero attached hydrogens (tertiary/aromatic N) is 1. The molecular weight excluding hydrogens is 694 g/mol. The number of aliphatic carboxylic acids is 1. The minimum atomic E-state index is -1.47. The SMILES string of the molecule is CC[C@H](C)[C@H](NC(=O)[C@H](CC(N)=O)NC(=O)[C@@H](N)CC(C)C)C(=O)N[C@@H](CCCN=C(N)N)C(=O)N[C@@H](CC(C)C)C(=O)N[C@@H](CCC(N)=O)C(=O)O. The van der Waals surface area contributed by atoms with E-state index in [0.717, 1.165) is 0 Å². The second-order valence-electron chi connectivity index (χ2n) is 13.9. The molecule has 0 aliphatic heterocycles. The van der Waals surface area contributed by atoms with Crippen LogP contribution in [-0.2, 0) is 38.4 Å². The quantitative estimate of drug-likeness (QED) is 0.0242. The van der Waals surface area contributed by atoms with E-state index in [1.165, 1.54) is 0 Å². The summed E-state index contributed by atoms with van der Waals surface area (Å²) in [6, 6.07) is -7.72. The van der Waals surface area contributed by atoms with Gasteiger partial charge in [-0.05, 0) is 49.9 Å². The molecule has 0 bridgehead atoms. The summed E-state index contributed by atoms with van der Waals surface area (Å²) < 4.78 is 0. The zero-order chi connectivity index (χ0) is 41.0. The molecule has 0 radical (unpaired) electrons. The van der Waals surface area contributed by atoms with E-state index in [2.05, 4.69) is 31.6 Å². The average molecular weight is 756 g/mol. The lowest BCUT2D eigenvalue weighted by molar-refractivity contribution is -0.142. The Morgan fingerprint density at radius 3 is 1.62 bits per heavy atom. The van der Waals surface area contributed by atoms with E-state index in [1.807, 2.05) is 13.8 Å². The molecule has 20 nitrogen and oxygen atoms in total. The van der Waals surface area contributed by atoms with Crippen LogP contribution in [0.25, 0.3) is 0 Å². The maximum atomic E-state index is 13.8. The van der Waals surface area contributed by atoms with Crippen LogP contribution in [-0.4, -0.2) is 101 Å². The number of nitrogens with two attached hydrogens (primary N) is 5. The lowest BCUT2D eigenvalue weighted by atomic mass is 9.96. The number of carboxylic acids is 1. The van der Waals surface area contributed by atoms with E-state index in [9.17, 15) is 43.5 Å². The number of amides is 7. The van der Waals surface area contributed by atoms with Crippen LogP contribution in [0.5, 0.6) is 0 Å². The monoisotopic (exact) mass is 755 g/mol. The van der Waals surface area contributed by atoms with Crippen molar-refractivity contribution in [2.75, 3.05) is 6.54 Å². The van der Waals surface area contributed by atoms with Gasteiger partial charge in [-0.2, -0.15) is 0 Å². The molecule has 53 heavy (non-hydrogen) atoms. The van der Waals surface area contributed by atoms with Gasteiger partial charge in [0.1, 0.15) is 30.2 Å². The van der Waals surface area contributed by atoms with Crippen LogP contribution in [0.15, 0.2) is 4.99 Å². The molecule has 302 valence electrons. The fourth-order valence-corrected chi connectivity index (χ4v) is 5.09. The van der Waals surface area contributed by atoms with Gasteiger partial charge in [-0.3, -0.25) is 38.6 Å². The normalized spacial score (nSPS) is 15.0. The van der Waals surface area contributed by atoms with Gasteiger partial charge in [0, 0.05) is 13.0 Å². The summed E-state index contributed by atoms with van der Waals surface area (Å²) in [6.45, 7) is 10.8. The number of carboxylic acid groups (broad SMARTS) is 1. The molecule has 20 heteroatoms. The van der Waals surface area contributed by atoms with Gasteiger partial charge in [0.25, 0.3) is 0 Å². The molecular formula is C33H61N11O9. The van der Waals surface area contributed by atoms with Gasteiger partial charge in [0.05, 0.1) is 12.5 Å². The highest BCUT2D eigenvalue weighted by molar-refractivity contribution is 5.97. The molecule has 0 rings (SSSR count). The maximum absolute atomic E-state index is 13.8. The van der Waals surface area contributed by atoms with Gasteiger partial charge in [0.15, 0.2) is 5.96 Å². The van der Waals surface area contributed by atoms with Crippen LogP contribution >= 0.6 is 0 Å². The van der Waals surface area contributed by atoms with Crippen LogP contribution in [0.4, 0.5) is 0 Å². The van der Waals surface area contributed by atoms with Crippen molar-refractivity contribution >= 4 is 53.3 Å². The van der Waals surface area contributed by atoms with Crippen molar-refractivity contribution in [2.24, 2.45) is 51.4 Å². The number of carbonyl (C=O) groups is 8. The summed E-state index contributed by atoms with van der Waals surface area (Å²) in [6.07, 6.45) is -0.253. The molecule has 0 aromatic heterocycles. The summed E-state index contributed by atoms with van der Waals surface area (Å²) in [5.41, 5.74) is 27.3. The molecule has 0 aliphatic carbocycles. The third-order valence-corrected chi connectivity index (χ3v) is 8.11. The molecule has 16 N–H and O–H groups in total. The van der Waals surface area contributed by atoms with E-state index in [1.54, 1.807) is 27.7 Å². The number of nitrogens with one attached hydrogen (secondary N) is 5. The summed E-state index contributed by atoms with van der Waals surface area (Å²) in [4.78, 5) is 106. The summed E-state index contributed by atoms with van der Waals surface area (Å²) >= 11 is 0. The number of carbonyl (C=O) groups excluding carboxylic acids is 7. The Morgan fingerprint density at radius 1 is 0.623 bits per heavy atom. The highest BCUT2D eigenvalue weighted by Gasteiger charge is 2.35. The van der Waals surface area contributed by atoms with Crippen molar-refractivity contribution in [3.05, 3.63) is 0 Å². The summed E-state index contributed by atoms with van der Waals surface area (Å²) in [7, 11) is 0. The predicted molar refractivity (Wildman–Crippen MR) is 196 cm³/mol. The van der Waals surface area contributed by atoms with E-state index in [0.29, 0.717) is 12.8 Å². The Hall–Kier alpha value is -5.01. The average Bonchev–Trinajstić information content (AvgIpc) is 3.04. The Balaban J connectivity index is 6.38. The maximum Gasteiger partial charge on any atom is 0.326 e. The van der Waals surface area contributed by atoms with Crippen molar-refractivity contribution in [3.8, 4) is 0 Å². The first-order valence-electron chi connectivity index (χ1n) is 17.7. The minimum absolute atomic E-state index is 0.0317. The number of hydrogen-bond donors (Lipinski definition) is 11. The molecule has 0 heterocycles. The number of rotatable bonds is 26. The number of guanidine groups is 1. The first kappa shape index (κ1) is 48.0. The Morgan fingerprint density at radius 2 is 1.13 bits per heavy atom. The van der Waals surface area contributed by atoms with Crippen LogP contribution < -0.4 is 55.3 Å². The first-order chi connectivity index (χ1) is 24.6. The van der Waals surface area contributed by atoms with Gasteiger partial charge >= 0.3 is 5.97 Å². The van der Waals surface area contributed by atoms with E-state index >= 15 is 0 Å². The fraction of sp³-hybridized carbons (Fsp3) is 0.727. The molecule has 0 aliphatic rings. The smallest absolute Gasteiger partial charge is 0.326 e. The number of primary amides is 2. The summed E-state index contributed by atoms with van der Waals surface area (Å²) in [5, 5.41) is 22.1. The highest BCUT2D eigenvalue weighted by atomic mass is 16.4. The van der Waals surface area contributed by atoms with Crippen molar-refractivity contribution in [3.63, 3.8) is 0 Å². The van der Waals surface area contributed by atoms with E-state index < -0.39 is 95.9 Å². The van der Waals surface area contributed by atoms with Crippen molar-refractivity contribution < 1.29 is 43.5 Å². The fourth-order valence-electron chi connectivity index (χ4n) is 5.09. The highest BCUT2D eigenvalue weighted by Crippen LogP contribution is 2.13. The zero-order valence-electron chi connectivity index (χ0n) is 31.6. The molecule has 7 atom stereocenters. The topological polar surface area (TPSA) is 359 Å². The largest absolute Gasteiger partial charge is 0.480 e. The second-order valence-corrected chi connectivity index (χ2v) is 13.9. The molecule has 0 unspecified atom stereocenters. The third kappa shape index (κ3) is 20.0. The molecule has 0 spiro atoms. The molecule has 0 aromatic carbocycles. The van der Waals surface area contributed by atoms with Gasteiger partial charge in [-0.15, -0.1) is 0 Å². The van der Waals surface area contributed by atoms with Gasteiger partial charge < -0.3 is 60.4 Å². The Kier molecular flexibility index (Phi) is 22.0.